The lowest BCUT2D eigenvalue weighted by Gasteiger charge is -2.27. The minimum atomic E-state index is -0.663. The number of nitrogens with zero attached hydrogens (tertiary/aromatic N) is 5. The van der Waals surface area contributed by atoms with Gasteiger partial charge in [-0.3, -0.25) is 24.4 Å². The fraction of sp³-hybridized carbons (Fsp3) is 0.130. The fourth-order valence-corrected chi connectivity index (χ4v) is 3.22. The third-order valence-electron chi connectivity index (χ3n) is 4.79. The van der Waals surface area contributed by atoms with E-state index in [1.54, 1.807) is 43.0 Å². The number of rotatable bonds is 6. The van der Waals surface area contributed by atoms with Crippen LogP contribution < -0.4 is 5.01 Å². The highest BCUT2D eigenvalue weighted by Gasteiger charge is 2.35. The van der Waals surface area contributed by atoms with Crippen molar-refractivity contribution in [1.82, 2.24) is 14.9 Å². The molecular formula is C23H18FN5O3. The zero-order valence-corrected chi connectivity index (χ0v) is 16.9. The normalized spacial score (nSPS) is 13.7. The molecule has 0 radical (unpaired) electrons. The van der Waals surface area contributed by atoms with Crippen LogP contribution >= 0.6 is 0 Å². The number of hydrogen-bond acceptors (Lipinski definition) is 6. The van der Waals surface area contributed by atoms with E-state index in [9.17, 15) is 18.8 Å². The topological polar surface area (TPSA) is 95.8 Å². The second-order valence-electron chi connectivity index (χ2n) is 7.11. The summed E-state index contributed by atoms with van der Waals surface area (Å²) in [4.78, 5) is 47.9. The number of benzene rings is 1. The minimum absolute atomic E-state index is 0.186. The molecule has 0 bridgehead atoms. The van der Waals surface area contributed by atoms with Gasteiger partial charge in [-0.2, -0.15) is 10.1 Å². The average molecular weight is 431 g/mol. The molecule has 1 aromatic carbocycles. The van der Waals surface area contributed by atoms with Crippen LogP contribution in [-0.2, 0) is 27.5 Å². The van der Waals surface area contributed by atoms with Crippen molar-refractivity contribution >= 4 is 29.0 Å². The van der Waals surface area contributed by atoms with Crippen LogP contribution in [0.25, 0.3) is 0 Å². The highest BCUT2D eigenvalue weighted by atomic mass is 19.1. The van der Waals surface area contributed by atoms with Crippen molar-refractivity contribution < 1.29 is 18.8 Å². The smallest absolute Gasteiger partial charge is 0.278 e. The van der Waals surface area contributed by atoms with Crippen LogP contribution in [0.2, 0.25) is 0 Å². The van der Waals surface area contributed by atoms with E-state index < -0.39 is 29.8 Å². The molecule has 0 spiro atoms. The zero-order chi connectivity index (χ0) is 22.5. The van der Waals surface area contributed by atoms with Crippen LogP contribution in [0, 0.1) is 5.82 Å². The van der Waals surface area contributed by atoms with E-state index in [1.165, 1.54) is 29.2 Å². The molecule has 0 saturated heterocycles. The highest BCUT2D eigenvalue weighted by Crippen LogP contribution is 2.21. The Labute approximate surface area is 183 Å². The molecule has 1 aliphatic rings. The van der Waals surface area contributed by atoms with Crippen molar-refractivity contribution in [2.24, 2.45) is 5.10 Å². The second kappa shape index (κ2) is 9.25. The maximum absolute atomic E-state index is 13.4. The number of aromatic nitrogens is 2. The average Bonchev–Trinajstić information content (AvgIpc) is 2.80. The van der Waals surface area contributed by atoms with Crippen molar-refractivity contribution in [3.05, 3.63) is 90.3 Å². The van der Waals surface area contributed by atoms with Gasteiger partial charge in [0.05, 0.1) is 12.1 Å². The molecule has 0 saturated carbocycles. The summed E-state index contributed by atoms with van der Waals surface area (Å²) in [6.07, 6.45) is 5.98. The van der Waals surface area contributed by atoms with Crippen LogP contribution in [0.1, 0.15) is 17.5 Å². The second-order valence-corrected chi connectivity index (χ2v) is 7.11. The number of ketones is 1. The Morgan fingerprint density at radius 1 is 0.938 bits per heavy atom. The minimum Gasteiger partial charge on any atom is -0.328 e. The predicted molar refractivity (Wildman–Crippen MR) is 114 cm³/mol. The number of carbonyl (C=O) groups excluding carboxylic acids is 3. The van der Waals surface area contributed by atoms with Crippen LogP contribution in [0.3, 0.4) is 0 Å². The van der Waals surface area contributed by atoms with Crippen molar-refractivity contribution in [3.8, 4) is 0 Å². The van der Waals surface area contributed by atoms with Gasteiger partial charge >= 0.3 is 0 Å². The maximum Gasteiger partial charge on any atom is 0.278 e. The number of anilines is 1. The van der Waals surface area contributed by atoms with Gasteiger partial charge in [0.1, 0.15) is 5.82 Å². The number of hydrazone groups is 1. The first-order valence-corrected chi connectivity index (χ1v) is 9.78. The predicted octanol–water partition coefficient (Wildman–Crippen LogP) is 2.51. The quantitative estimate of drug-likeness (QED) is 0.559. The molecule has 0 atom stereocenters. The van der Waals surface area contributed by atoms with E-state index in [-0.39, 0.29) is 24.5 Å². The van der Waals surface area contributed by atoms with Crippen molar-refractivity contribution in [1.29, 1.82) is 0 Å². The summed E-state index contributed by atoms with van der Waals surface area (Å²) < 4.78 is 13.3. The number of halogens is 1. The third kappa shape index (κ3) is 4.72. The van der Waals surface area contributed by atoms with Crippen LogP contribution in [0.15, 0.2) is 78.4 Å². The first-order valence-electron chi connectivity index (χ1n) is 9.78. The molecule has 3 aromatic rings. The highest BCUT2D eigenvalue weighted by molar-refractivity contribution is 6.67. The molecule has 1 aliphatic heterocycles. The molecule has 0 aliphatic carbocycles. The van der Waals surface area contributed by atoms with Gasteiger partial charge in [0.15, 0.2) is 11.5 Å². The summed E-state index contributed by atoms with van der Waals surface area (Å²) in [7, 11) is 0. The summed E-state index contributed by atoms with van der Waals surface area (Å²) in [5, 5.41) is 5.02. The SMILES string of the molecule is O=C1CC(=O)N(c2ccc(F)cc2)N=C1C(=O)N(Cc1ccncc1)Cc1cccnc1. The zero-order valence-electron chi connectivity index (χ0n) is 16.9. The van der Waals surface area contributed by atoms with E-state index in [1.807, 2.05) is 6.07 Å². The lowest BCUT2D eigenvalue weighted by atomic mass is 10.1. The van der Waals surface area contributed by atoms with Gasteiger partial charge in [-0.15, -0.1) is 0 Å². The summed E-state index contributed by atoms with van der Waals surface area (Å²) in [5.41, 5.74) is 1.49. The van der Waals surface area contributed by atoms with Gasteiger partial charge < -0.3 is 4.90 Å². The lowest BCUT2D eigenvalue weighted by Crippen LogP contribution is -2.45. The molecule has 8 nitrogen and oxygen atoms in total. The standard InChI is InChI=1S/C23H18FN5O3/c24-18-3-5-19(6-4-18)29-21(31)12-20(30)22(27-29)23(32)28(14-16-7-10-25-11-8-16)15-17-2-1-9-26-13-17/h1-11,13H,12,14-15H2. The van der Waals surface area contributed by atoms with Gasteiger partial charge in [-0.25, -0.2) is 4.39 Å². The number of Topliss-reactive ketones (excluding diaryl/α,β-unsaturated/α-hetero) is 1. The summed E-state index contributed by atoms with van der Waals surface area (Å²) in [6.45, 7) is 0.388. The summed E-state index contributed by atoms with van der Waals surface area (Å²) in [6, 6.07) is 12.2. The van der Waals surface area contributed by atoms with Crippen molar-refractivity contribution in [2.45, 2.75) is 19.5 Å². The van der Waals surface area contributed by atoms with Crippen LogP contribution in [-0.4, -0.2) is 38.2 Å². The van der Waals surface area contributed by atoms with Gasteiger partial charge in [0, 0.05) is 37.9 Å². The summed E-state index contributed by atoms with van der Waals surface area (Å²) >= 11 is 0. The van der Waals surface area contributed by atoms with E-state index in [2.05, 4.69) is 15.1 Å². The summed E-state index contributed by atoms with van der Waals surface area (Å²) in [5.74, 6) is -2.35. The molecular weight excluding hydrogens is 413 g/mol. The Kier molecular flexibility index (Phi) is 6.07. The Bertz CT molecular complexity index is 1130. The molecule has 3 heterocycles. The molecule has 4 rings (SSSR count). The molecule has 9 heteroatoms. The first-order chi connectivity index (χ1) is 15.5. The largest absolute Gasteiger partial charge is 0.328 e. The number of amides is 2. The molecule has 2 amide bonds. The molecule has 160 valence electrons. The van der Waals surface area contributed by atoms with Crippen LogP contribution in [0.4, 0.5) is 10.1 Å². The molecule has 0 unspecified atom stereocenters. The van der Waals surface area contributed by atoms with Gasteiger partial charge in [0.25, 0.3) is 11.8 Å². The fourth-order valence-electron chi connectivity index (χ4n) is 3.22. The van der Waals surface area contributed by atoms with E-state index in [0.717, 1.165) is 16.1 Å². The van der Waals surface area contributed by atoms with E-state index in [0.29, 0.717) is 0 Å². The first kappa shape index (κ1) is 21.0. The lowest BCUT2D eigenvalue weighted by molar-refractivity contribution is -0.128. The Hall–Kier alpha value is -4.27. The van der Waals surface area contributed by atoms with Crippen LogP contribution in [0.5, 0.6) is 0 Å². The molecule has 32 heavy (non-hydrogen) atoms. The molecule has 0 fully saturated rings. The Balaban J connectivity index is 1.67. The number of carbonyl (C=O) groups is 3. The van der Waals surface area contributed by atoms with E-state index in [4.69, 9.17) is 0 Å². The van der Waals surface area contributed by atoms with Crippen molar-refractivity contribution in [3.63, 3.8) is 0 Å². The van der Waals surface area contributed by atoms with Gasteiger partial charge in [-0.1, -0.05) is 6.07 Å². The van der Waals surface area contributed by atoms with Gasteiger partial charge in [-0.05, 0) is 53.6 Å². The molecule has 0 N–H and O–H groups in total. The number of pyridine rings is 2. The monoisotopic (exact) mass is 431 g/mol. The molecule has 2 aromatic heterocycles. The third-order valence-corrected chi connectivity index (χ3v) is 4.79. The number of hydrogen-bond donors (Lipinski definition) is 0. The van der Waals surface area contributed by atoms with Crippen molar-refractivity contribution in [2.75, 3.05) is 5.01 Å². The Morgan fingerprint density at radius 2 is 1.66 bits per heavy atom. The Morgan fingerprint density at radius 3 is 2.34 bits per heavy atom. The van der Waals surface area contributed by atoms with E-state index >= 15 is 0 Å². The maximum atomic E-state index is 13.4. The van der Waals surface area contributed by atoms with Gasteiger partial charge in [0.2, 0.25) is 0 Å².